The number of benzene rings is 3. The Kier molecular flexibility index (Phi) is 7.20. The second-order valence-electron chi connectivity index (χ2n) is 8.45. The molecule has 0 saturated carbocycles. The van der Waals surface area contributed by atoms with Gasteiger partial charge in [0.25, 0.3) is 11.7 Å². The maximum atomic E-state index is 13.3. The van der Waals surface area contributed by atoms with Crippen LogP contribution >= 0.6 is 0 Å². The molecule has 1 heterocycles. The number of methoxy groups -OCH3 is 1. The lowest BCUT2D eigenvalue weighted by atomic mass is 9.94. The van der Waals surface area contributed by atoms with E-state index in [0.717, 1.165) is 12.0 Å². The third-order valence-electron chi connectivity index (χ3n) is 6.02. The number of hydrogen-bond donors (Lipinski definition) is 1. The molecular formula is C29H27NO6. The fraction of sp³-hybridized carbons (Fsp3) is 0.207. The molecule has 184 valence electrons. The predicted octanol–water partition coefficient (Wildman–Crippen LogP) is 5.20. The monoisotopic (exact) mass is 485 g/mol. The highest BCUT2D eigenvalue weighted by Gasteiger charge is 2.47. The van der Waals surface area contributed by atoms with Crippen LogP contribution in [0.1, 0.15) is 46.4 Å². The van der Waals surface area contributed by atoms with Crippen LogP contribution in [-0.4, -0.2) is 36.5 Å². The van der Waals surface area contributed by atoms with E-state index in [1.807, 2.05) is 19.9 Å². The molecule has 4 rings (SSSR count). The third-order valence-corrected chi connectivity index (χ3v) is 6.02. The first-order valence-corrected chi connectivity index (χ1v) is 11.7. The van der Waals surface area contributed by atoms with Gasteiger partial charge in [0.05, 0.1) is 30.9 Å². The number of rotatable bonds is 7. The summed E-state index contributed by atoms with van der Waals surface area (Å²) in [5.74, 6) is -1.77. The van der Waals surface area contributed by atoms with Crippen LogP contribution in [0.5, 0.6) is 5.75 Å². The van der Waals surface area contributed by atoms with Gasteiger partial charge in [0.15, 0.2) is 0 Å². The SMILES string of the molecule is CCCOc1ccc(/C(O)=C2\C(=O)C(=O)N(c3cccc(C(=O)OC)c3)C2c2ccccc2)cc1C. The van der Waals surface area contributed by atoms with E-state index in [4.69, 9.17) is 9.47 Å². The molecule has 1 N–H and O–H groups in total. The van der Waals surface area contributed by atoms with Crippen molar-refractivity contribution in [2.75, 3.05) is 18.6 Å². The van der Waals surface area contributed by atoms with Crippen LogP contribution < -0.4 is 9.64 Å². The molecule has 1 aliphatic rings. The summed E-state index contributed by atoms with van der Waals surface area (Å²) in [4.78, 5) is 40.1. The Hall–Kier alpha value is -4.39. The number of ketones is 1. The van der Waals surface area contributed by atoms with Gasteiger partial charge in [-0.05, 0) is 60.9 Å². The second kappa shape index (κ2) is 10.5. The molecule has 0 spiro atoms. The standard InChI is InChI=1S/C29H27NO6/c1-4-15-36-23-14-13-20(16-18(23)2)26(31)24-25(19-9-6-5-7-10-19)30(28(33)27(24)32)22-12-8-11-21(17-22)29(34)35-3/h5-14,16-17,25,31H,4,15H2,1-3H3/b26-24+. The quantitative estimate of drug-likeness (QED) is 0.214. The molecule has 1 unspecified atom stereocenters. The molecule has 1 aliphatic heterocycles. The van der Waals surface area contributed by atoms with Crippen molar-refractivity contribution in [2.45, 2.75) is 26.3 Å². The van der Waals surface area contributed by atoms with Gasteiger partial charge in [-0.1, -0.05) is 43.3 Å². The number of aliphatic hydroxyl groups excluding tert-OH is 1. The molecule has 1 saturated heterocycles. The summed E-state index contributed by atoms with van der Waals surface area (Å²) >= 11 is 0. The van der Waals surface area contributed by atoms with Crippen LogP contribution in [0.4, 0.5) is 5.69 Å². The summed E-state index contributed by atoms with van der Waals surface area (Å²) in [5, 5.41) is 11.3. The molecule has 1 atom stereocenters. The van der Waals surface area contributed by atoms with Crippen LogP contribution in [0, 0.1) is 6.92 Å². The lowest BCUT2D eigenvalue weighted by Crippen LogP contribution is -2.29. The highest BCUT2D eigenvalue weighted by Crippen LogP contribution is 2.42. The Morgan fingerprint density at radius 1 is 0.972 bits per heavy atom. The summed E-state index contributed by atoms with van der Waals surface area (Å²) in [7, 11) is 1.27. The molecule has 0 aromatic heterocycles. The van der Waals surface area contributed by atoms with E-state index in [2.05, 4.69) is 0 Å². The predicted molar refractivity (Wildman–Crippen MR) is 136 cm³/mol. The highest BCUT2D eigenvalue weighted by molar-refractivity contribution is 6.51. The maximum Gasteiger partial charge on any atom is 0.337 e. The summed E-state index contributed by atoms with van der Waals surface area (Å²) in [6.07, 6.45) is 0.860. The van der Waals surface area contributed by atoms with Crippen LogP contribution in [0.3, 0.4) is 0 Å². The number of hydrogen-bond acceptors (Lipinski definition) is 6. The van der Waals surface area contributed by atoms with E-state index in [0.29, 0.717) is 29.2 Å². The molecule has 0 bridgehead atoms. The smallest absolute Gasteiger partial charge is 0.337 e. The molecular weight excluding hydrogens is 458 g/mol. The fourth-order valence-electron chi connectivity index (χ4n) is 4.28. The average Bonchev–Trinajstić information content (AvgIpc) is 3.17. The van der Waals surface area contributed by atoms with Gasteiger partial charge in [-0.3, -0.25) is 14.5 Å². The third kappa shape index (κ3) is 4.60. The number of Topliss-reactive ketones (excluding diaryl/α,β-unsaturated/α-hetero) is 1. The number of anilines is 1. The summed E-state index contributed by atoms with van der Waals surface area (Å²) < 4.78 is 10.5. The Balaban J connectivity index is 1.86. The number of carbonyl (C=O) groups is 3. The van der Waals surface area contributed by atoms with Gasteiger partial charge in [-0.15, -0.1) is 0 Å². The number of ether oxygens (including phenoxy) is 2. The summed E-state index contributed by atoms with van der Waals surface area (Å²) in [6, 6.07) is 19.5. The zero-order chi connectivity index (χ0) is 25.8. The zero-order valence-corrected chi connectivity index (χ0v) is 20.4. The molecule has 7 heteroatoms. The first kappa shape index (κ1) is 24.7. The van der Waals surface area contributed by atoms with Crippen molar-refractivity contribution < 1.29 is 29.0 Å². The van der Waals surface area contributed by atoms with Gasteiger partial charge >= 0.3 is 5.97 Å². The van der Waals surface area contributed by atoms with Crippen molar-refractivity contribution in [3.63, 3.8) is 0 Å². The van der Waals surface area contributed by atoms with Crippen molar-refractivity contribution in [3.05, 3.63) is 101 Å². The normalized spacial score (nSPS) is 16.8. The molecule has 36 heavy (non-hydrogen) atoms. The molecule has 1 fully saturated rings. The first-order chi connectivity index (χ1) is 17.4. The number of aliphatic hydroxyl groups is 1. The first-order valence-electron chi connectivity index (χ1n) is 11.7. The molecule has 7 nitrogen and oxygen atoms in total. The van der Waals surface area contributed by atoms with Gasteiger partial charge in [-0.25, -0.2) is 4.79 Å². The second-order valence-corrected chi connectivity index (χ2v) is 8.45. The minimum Gasteiger partial charge on any atom is -0.507 e. The Bertz CT molecular complexity index is 1340. The van der Waals surface area contributed by atoms with Crippen LogP contribution in [0.15, 0.2) is 78.4 Å². The van der Waals surface area contributed by atoms with E-state index in [1.165, 1.54) is 18.1 Å². The summed E-state index contributed by atoms with van der Waals surface area (Å²) in [5.41, 5.74) is 2.38. The van der Waals surface area contributed by atoms with E-state index >= 15 is 0 Å². The number of aryl methyl sites for hydroxylation is 1. The van der Waals surface area contributed by atoms with Gasteiger partial charge in [0, 0.05) is 11.3 Å². The van der Waals surface area contributed by atoms with Gasteiger partial charge in [0.2, 0.25) is 0 Å². The van der Waals surface area contributed by atoms with Crippen molar-refractivity contribution in [1.29, 1.82) is 0 Å². The minimum absolute atomic E-state index is 0.0312. The maximum absolute atomic E-state index is 13.3. The Morgan fingerprint density at radius 2 is 1.72 bits per heavy atom. The van der Waals surface area contributed by atoms with Crippen molar-refractivity contribution in [2.24, 2.45) is 0 Å². The van der Waals surface area contributed by atoms with Crippen LogP contribution in [0.25, 0.3) is 5.76 Å². The van der Waals surface area contributed by atoms with E-state index < -0.39 is 23.7 Å². The van der Waals surface area contributed by atoms with E-state index in [-0.39, 0.29) is 16.9 Å². The topological polar surface area (TPSA) is 93.1 Å². The molecule has 0 aliphatic carbocycles. The van der Waals surface area contributed by atoms with E-state index in [9.17, 15) is 19.5 Å². The lowest BCUT2D eigenvalue weighted by molar-refractivity contribution is -0.132. The van der Waals surface area contributed by atoms with Crippen molar-refractivity contribution >= 4 is 29.1 Å². The number of esters is 1. The minimum atomic E-state index is -0.893. The molecule has 1 amide bonds. The Morgan fingerprint density at radius 3 is 2.39 bits per heavy atom. The lowest BCUT2D eigenvalue weighted by Gasteiger charge is -2.25. The number of nitrogens with zero attached hydrogens (tertiary/aromatic N) is 1. The molecule has 3 aromatic carbocycles. The Labute approximate surface area is 209 Å². The number of carbonyl (C=O) groups excluding carboxylic acids is 3. The fourth-order valence-corrected chi connectivity index (χ4v) is 4.28. The summed E-state index contributed by atoms with van der Waals surface area (Å²) in [6.45, 7) is 4.43. The van der Waals surface area contributed by atoms with Crippen LogP contribution in [0.2, 0.25) is 0 Å². The zero-order valence-electron chi connectivity index (χ0n) is 20.4. The van der Waals surface area contributed by atoms with Gasteiger partial charge in [-0.2, -0.15) is 0 Å². The van der Waals surface area contributed by atoms with Crippen LogP contribution in [-0.2, 0) is 14.3 Å². The van der Waals surface area contributed by atoms with Gasteiger partial charge in [0.1, 0.15) is 11.5 Å². The largest absolute Gasteiger partial charge is 0.507 e. The molecule has 0 radical (unpaired) electrons. The molecule has 3 aromatic rings. The van der Waals surface area contributed by atoms with Crippen molar-refractivity contribution in [3.8, 4) is 5.75 Å². The van der Waals surface area contributed by atoms with Crippen molar-refractivity contribution in [1.82, 2.24) is 0 Å². The average molecular weight is 486 g/mol. The van der Waals surface area contributed by atoms with Gasteiger partial charge < -0.3 is 14.6 Å². The van der Waals surface area contributed by atoms with E-state index in [1.54, 1.807) is 60.7 Å². The highest BCUT2D eigenvalue weighted by atomic mass is 16.5. The number of amides is 1.